The molecule has 4 aliphatic carbocycles. The number of rotatable bonds is 4. The first-order chi connectivity index (χ1) is 8.31. The largest absolute Gasteiger partial charge is 0.316 e. The molecule has 0 amide bonds. The first kappa shape index (κ1) is 11.2. The Morgan fingerprint density at radius 2 is 1.53 bits per heavy atom. The van der Waals surface area contributed by atoms with Crippen LogP contribution >= 0.6 is 11.8 Å². The average Bonchev–Trinajstić information content (AvgIpc) is 2.19. The molecule has 0 aromatic rings. The highest BCUT2D eigenvalue weighted by Gasteiger charge is 2.50. The number of hydrogen-bond donors (Lipinski definition) is 1. The maximum atomic E-state index is 3.39. The Kier molecular flexibility index (Phi) is 2.73. The highest BCUT2D eigenvalue weighted by atomic mass is 32.2. The second-order valence-electron chi connectivity index (χ2n) is 7.46. The van der Waals surface area contributed by atoms with Crippen LogP contribution in [0, 0.1) is 29.1 Å². The van der Waals surface area contributed by atoms with Gasteiger partial charge in [0, 0.05) is 0 Å². The van der Waals surface area contributed by atoms with Crippen molar-refractivity contribution in [2.75, 3.05) is 24.6 Å². The fraction of sp³-hybridized carbons (Fsp3) is 1.00. The first-order valence-electron chi connectivity index (χ1n) is 7.60. The highest BCUT2D eigenvalue weighted by molar-refractivity contribution is 7.99. The van der Waals surface area contributed by atoms with E-state index >= 15 is 0 Å². The van der Waals surface area contributed by atoms with E-state index in [1.54, 1.807) is 38.5 Å². The van der Waals surface area contributed by atoms with Gasteiger partial charge in [-0.2, -0.15) is 11.8 Å². The van der Waals surface area contributed by atoms with Gasteiger partial charge in [-0.15, -0.1) is 0 Å². The molecule has 5 rings (SSSR count). The molecular weight excluding hydrogens is 226 g/mol. The van der Waals surface area contributed by atoms with Crippen molar-refractivity contribution in [1.82, 2.24) is 5.32 Å². The van der Waals surface area contributed by atoms with Crippen LogP contribution in [0.25, 0.3) is 0 Å². The van der Waals surface area contributed by atoms with Gasteiger partial charge >= 0.3 is 0 Å². The molecule has 5 aliphatic rings. The lowest BCUT2D eigenvalue weighted by Crippen LogP contribution is -2.47. The Bertz CT molecular complexity index is 262. The number of thioether (sulfide) groups is 1. The summed E-state index contributed by atoms with van der Waals surface area (Å²) in [6.45, 7) is 2.57. The molecule has 1 heterocycles. The molecule has 0 aromatic heterocycles. The molecule has 0 atom stereocenters. The zero-order valence-electron chi connectivity index (χ0n) is 10.8. The van der Waals surface area contributed by atoms with E-state index in [1.165, 1.54) is 24.6 Å². The van der Waals surface area contributed by atoms with Crippen molar-refractivity contribution in [2.24, 2.45) is 29.1 Å². The van der Waals surface area contributed by atoms with E-state index in [4.69, 9.17) is 0 Å². The Morgan fingerprint density at radius 3 is 2.00 bits per heavy atom. The van der Waals surface area contributed by atoms with Crippen molar-refractivity contribution < 1.29 is 0 Å². The molecule has 0 aromatic carbocycles. The zero-order chi connectivity index (χ0) is 11.3. The van der Waals surface area contributed by atoms with E-state index in [0.29, 0.717) is 0 Å². The molecule has 0 radical (unpaired) electrons. The van der Waals surface area contributed by atoms with Crippen molar-refractivity contribution in [2.45, 2.75) is 38.5 Å². The lowest BCUT2D eigenvalue weighted by Gasteiger charge is -2.57. The van der Waals surface area contributed by atoms with Gasteiger partial charge in [0.05, 0.1) is 0 Å². The summed E-state index contributed by atoms with van der Waals surface area (Å²) >= 11 is 2.29. The molecule has 1 nitrogen and oxygen atoms in total. The quantitative estimate of drug-likeness (QED) is 0.824. The van der Waals surface area contributed by atoms with E-state index in [2.05, 4.69) is 17.1 Å². The Hall–Kier alpha value is 0.310. The summed E-state index contributed by atoms with van der Waals surface area (Å²) < 4.78 is 0. The van der Waals surface area contributed by atoms with Crippen molar-refractivity contribution in [3.05, 3.63) is 0 Å². The van der Waals surface area contributed by atoms with Gasteiger partial charge in [-0.25, -0.2) is 0 Å². The lowest BCUT2D eigenvalue weighted by molar-refractivity contribution is -0.0381. The minimum absolute atomic E-state index is 0.802. The van der Waals surface area contributed by atoms with Crippen molar-refractivity contribution >= 4 is 11.8 Å². The third kappa shape index (κ3) is 2.06. The minimum Gasteiger partial charge on any atom is -0.316 e. The predicted octanol–water partition coefficient (Wildman–Crippen LogP) is 3.16. The van der Waals surface area contributed by atoms with Gasteiger partial charge in [-0.1, -0.05) is 0 Å². The van der Waals surface area contributed by atoms with Crippen LogP contribution in [0.1, 0.15) is 38.5 Å². The Labute approximate surface area is 109 Å². The summed E-state index contributed by atoms with van der Waals surface area (Å²) in [7, 11) is 0. The summed E-state index contributed by atoms with van der Waals surface area (Å²) in [5, 5.41) is 3.39. The van der Waals surface area contributed by atoms with Crippen molar-refractivity contribution in [1.29, 1.82) is 0 Å². The molecule has 1 aliphatic heterocycles. The van der Waals surface area contributed by atoms with Crippen molar-refractivity contribution in [3.8, 4) is 0 Å². The van der Waals surface area contributed by atoms with Crippen molar-refractivity contribution in [3.63, 3.8) is 0 Å². The molecule has 4 bridgehead atoms. The smallest absolute Gasteiger partial charge is 0.0000326 e. The lowest BCUT2D eigenvalue weighted by atomic mass is 9.50. The summed E-state index contributed by atoms with van der Waals surface area (Å²) in [6.07, 6.45) is 9.56. The second-order valence-corrected chi connectivity index (χ2v) is 8.49. The van der Waals surface area contributed by atoms with Gasteiger partial charge in [-0.05, 0) is 92.2 Å². The molecule has 2 heteroatoms. The third-order valence-corrected chi connectivity index (χ3v) is 7.32. The molecular formula is C15H25NS. The van der Waals surface area contributed by atoms with E-state index in [-0.39, 0.29) is 0 Å². The van der Waals surface area contributed by atoms with Crippen LogP contribution in [0.2, 0.25) is 0 Å². The van der Waals surface area contributed by atoms with E-state index in [0.717, 1.165) is 29.1 Å². The topological polar surface area (TPSA) is 12.0 Å². The molecule has 5 fully saturated rings. The third-order valence-electron chi connectivity index (χ3n) is 5.79. The molecule has 1 saturated heterocycles. The van der Waals surface area contributed by atoms with Gasteiger partial charge in [0.25, 0.3) is 0 Å². The zero-order valence-corrected chi connectivity index (χ0v) is 11.6. The minimum atomic E-state index is 0.802. The van der Waals surface area contributed by atoms with Crippen LogP contribution < -0.4 is 5.32 Å². The molecule has 0 spiro atoms. The van der Waals surface area contributed by atoms with Crippen LogP contribution in [-0.4, -0.2) is 24.6 Å². The summed E-state index contributed by atoms with van der Waals surface area (Å²) in [6, 6.07) is 0. The normalized spacial score (nSPS) is 48.4. The van der Waals surface area contributed by atoms with E-state index in [1.807, 2.05) is 0 Å². The van der Waals surface area contributed by atoms with E-state index in [9.17, 15) is 0 Å². The standard InChI is InChI=1S/C15H25NS/c1-11-2-13-3-12(1)5-15(4-11,6-13)10-17-9-14-7-16-8-14/h11-14,16H,1-10H2. The predicted molar refractivity (Wildman–Crippen MR) is 74.3 cm³/mol. The molecule has 1 N–H and O–H groups in total. The summed E-state index contributed by atoms with van der Waals surface area (Å²) in [5.41, 5.74) is 0.802. The Morgan fingerprint density at radius 1 is 0.941 bits per heavy atom. The van der Waals surface area contributed by atoms with Gasteiger partial charge in [-0.3, -0.25) is 0 Å². The maximum absolute atomic E-state index is 3.39. The van der Waals surface area contributed by atoms with Gasteiger partial charge < -0.3 is 5.32 Å². The highest BCUT2D eigenvalue weighted by Crippen LogP contribution is 2.60. The van der Waals surface area contributed by atoms with Gasteiger partial charge in [0.1, 0.15) is 0 Å². The van der Waals surface area contributed by atoms with Crippen LogP contribution in [-0.2, 0) is 0 Å². The van der Waals surface area contributed by atoms with Gasteiger partial charge in [0.2, 0.25) is 0 Å². The first-order valence-corrected chi connectivity index (χ1v) is 8.75. The molecule has 4 saturated carbocycles. The molecule has 17 heavy (non-hydrogen) atoms. The monoisotopic (exact) mass is 251 g/mol. The molecule has 0 unspecified atom stereocenters. The van der Waals surface area contributed by atoms with E-state index < -0.39 is 0 Å². The fourth-order valence-electron chi connectivity index (χ4n) is 5.38. The molecule has 96 valence electrons. The average molecular weight is 251 g/mol. The van der Waals surface area contributed by atoms with Gasteiger partial charge in [0.15, 0.2) is 0 Å². The summed E-state index contributed by atoms with van der Waals surface area (Å²) in [4.78, 5) is 0. The second kappa shape index (κ2) is 4.16. The summed E-state index contributed by atoms with van der Waals surface area (Å²) in [5.74, 6) is 7.31. The number of hydrogen-bond acceptors (Lipinski definition) is 2. The maximum Gasteiger partial charge on any atom is -0.0000326 e. The fourth-order valence-corrected chi connectivity index (χ4v) is 6.85. The SMILES string of the molecule is C1NCC1CSCC12CC3CC(CC(C3)C1)C2. The van der Waals surface area contributed by atoms with Crippen LogP contribution in [0.15, 0.2) is 0 Å². The van der Waals surface area contributed by atoms with Crippen LogP contribution in [0.3, 0.4) is 0 Å². The van der Waals surface area contributed by atoms with Crippen LogP contribution in [0.5, 0.6) is 0 Å². The number of nitrogens with one attached hydrogen (secondary N) is 1. The Balaban J connectivity index is 1.35. The van der Waals surface area contributed by atoms with Crippen LogP contribution in [0.4, 0.5) is 0 Å².